The van der Waals surface area contributed by atoms with Gasteiger partial charge >= 0.3 is 0 Å². The van der Waals surface area contributed by atoms with Crippen molar-refractivity contribution < 1.29 is 43.0 Å². The van der Waals surface area contributed by atoms with Crippen LogP contribution in [0.25, 0.3) is 0 Å². The van der Waals surface area contributed by atoms with Gasteiger partial charge in [0.1, 0.15) is 0 Å². The molecule has 0 amide bonds. The van der Waals surface area contributed by atoms with E-state index in [4.69, 9.17) is 43.0 Å². The van der Waals surface area contributed by atoms with Crippen LogP contribution in [0, 0.1) is 0 Å². The van der Waals surface area contributed by atoms with Gasteiger partial charge < -0.3 is 48.3 Å². The van der Waals surface area contributed by atoms with E-state index < -0.39 is 0 Å². The maximum Gasteiger partial charge on any atom is 0.0701 e. The standard InChI is InChI=1S/C19H41NO9/c1-20-2-4-22-6-8-24-10-12-26-14-16-28-18-19-29-17-15-27-13-11-25-9-7-23-5-3-21/h20-21H,2-19H2,1H3. The van der Waals surface area contributed by atoms with Gasteiger partial charge in [-0.2, -0.15) is 0 Å². The van der Waals surface area contributed by atoms with Crippen LogP contribution in [0.1, 0.15) is 0 Å². The highest BCUT2D eigenvalue weighted by Gasteiger charge is 1.95. The first kappa shape index (κ1) is 28.6. The van der Waals surface area contributed by atoms with Crippen molar-refractivity contribution in [1.82, 2.24) is 5.32 Å². The maximum absolute atomic E-state index is 8.53. The van der Waals surface area contributed by atoms with Crippen LogP contribution < -0.4 is 5.32 Å². The Kier molecular flexibility index (Phi) is 27.2. The van der Waals surface area contributed by atoms with Gasteiger partial charge in [0.05, 0.1) is 112 Å². The summed E-state index contributed by atoms with van der Waals surface area (Å²) in [6.45, 7) is 9.40. The summed E-state index contributed by atoms with van der Waals surface area (Å²) >= 11 is 0. The molecule has 0 atom stereocenters. The fourth-order valence-corrected chi connectivity index (χ4v) is 1.88. The SMILES string of the molecule is CNCCOCCOCCOCCOCCOCCOCCOCCOCCO. The monoisotopic (exact) mass is 427 g/mol. The van der Waals surface area contributed by atoms with Crippen LogP contribution in [0.3, 0.4) is 0 Å². The Labute approximate surface area is 175 Å². The van der Waals surface area contributed by atoms with Gasteiger partial charge in [-0.1, -0.05) is 0 Å². The lowest BCUT2D eigenvalue weighted by atomic mass is 10.6. The van der Waals surface area contributed by atoms with Gasteiger partial charge in [-0.05, 0) is 7.05 Å². The van der Waals surface area contributed by atoms with E-state index in [-0.39, 0.29) is 6.61 Å². The Morgan fingerprint density at radius 2 is 0.655 bits per heavy atom. The maximum atomic E-state index is 8.53. The van der Waals surface area contributed by atoms with Gasteiger partial charge in [-0.3, -0.25) is 0 Å². The van der Waals surface area contributed by atoms with Crippen molar-refractivity contribution in [2.24, 2.45) is 0 Å². The zero-order valence-electron chi connectivity index (χ0n) is 17.9. The second-order valence-corrected chi connectivity index (χ2v) is 5.73. The van der Waals surface area contributed by atoms with Gasteiger partial charge in [0.25, 0.3) is 0 Å². The van der Waals surface area contributed by atoms with E-state index in [0.29, 0.717) is 106 Å². The molecule has 0 unspecified atom stereocenters. The molecule has 0 aliphatic carbocycles. The zero-order chi connectivity index (χ0) is 21.1. The summed E-state index contributed by atoms with van der Waals surface area (Å²) in [6, 6.07) is 0. The molecule has 0 spiro atoms. The quantitative estimate of drug-likeness (QED) is 0.173. The second kappa shape index (κ2) is 27.6. The summed E-state index contributed by atoms with van der Waals surface area (Å²) in [6.07, 6.45) is 0. The Bertz CT molecular complexity index is 262. The first-order valence-corrected chi connectivity index (χ1v) is 10.3. The smallest absolute Gasteiger partial charge is 0.0701 e. The summed E-state index contributed by atoms with van der Waals surface area (Å²) in [5.74, 6) is 0. The number of ether oxygens (including phenoxy) is 8. The third-order valence-electron chi connectivity index (χ3n) is 3.34. The van der Waals surface area contributed by atoms with Crippen LogP contribution in [0.4, 0.5) is 0 Å². The van der Waals surface area contributed by atoms with Gasteiger partial charge in [0.15, 0.2) is 0 Å². The average molecular weight is 428 g/mol. The summed E-state index contributed by atoms with van der Waals surface area (Å²) in [4.78, 5) is 0. The lowest BCUT2D eigenvalue weighted by Crippen LogP contribution is -2.17. The fraction of sp³-hybridized carbons (Fsp3) is 1.00. The largest absolute Gasteiger partial charge is 0.394 e. The lowest BCUT2D eigenvalue weighted by molar-refractivity contribution is -0.0237. The zero-order valence-corrected chi connectivity index (χ0v) is 17.9. The summed E-state index contributed by atoms with van der Waals surface area (Å²) in [5, 5.41) is 11.5. The summed E-state index contributed by atoms with van der Waals surface area (Å²) in [7, 11) is 1.89. The highest BCUT2D eigenvalue weighted by Crippen LogP contribution is 1.85. The molecule has 0 saturated heterocycles. The number of nitrogens with one attached hydrogen (secondary N) is 1. The van der Waals surface area contributed by atoms with Gasteiger partial charge in [0, 0.05) is 6.54 Å². The first-order chi connectivity index (χ1) is 14.4. The molecule has 0 aromatic carbocycles. The van der Waals surface area contributed by atoms with Gasteiger partial charge in [0.2, 0.25) is 0 Å². The van der Waals surface area contributed by atoms with Crippen molar-refractivity contribution in [3.8, 4) is 0 Å². The van der Waals surface area contributed by atoms with Crippen molar-refractivity contribution in [2.45, 2.75) is 0 Å². The molecule has 176 valence electrons. The van der Waals surface area contributed by atoms with Crippen molar-refractivity contribution in [3.05, 3.63) is 0 Å². The van der Waals surface area contributed by atoms with Crippen molar-refractivity contribution >= 4 is 0 Å². The van der Waals surface area contributed by atoms with E-state index >= 15 is 0 Å². The van der Waals surface area contributed by atoms with E-state index in [1.807, 2.05) is 7.05 Å². The molecular formula is C19H41NO9. The molecule has 0 aliphatic rings. The molecule has 10 heteroatoms. The van der Waals surface area contributed by atoms with Crippen molar-refractivity contribution in [2.75, 3.05) is 126 Å². The molecule has 0 rings (SSSR count). The minimum atomic E-state index is 0.0336. The predicted octanol–water partition coefficient (Wildman–Crippen LogP) is -0.669. The molecular weight excluding hydrogens is 386 g/mol. The third kappa shape index (κ3) is 27.6. The summed E-state index contributed by atoms with van der Waals surface area (Å²) < 4.78 is 42.7. The Balaban J connectivity index is 2.97. The van der Waals surface area contributed by atoms with E-state index in [0.717, 1.165) is 6.54 Å². The number of aliphatic hydroxyl groups is 1. The molecule has 10 nitrogen and oxygen atoms in total. The number of hydrogen-bond donors (Lipinski definition) is 2. The molecule has 0 heterocycles. The van der Waals surface area contributed by atoms with E-state index in [2.05, 4.69) is 5.32 Å². The normalized spacial score (nSPS) is 11.4. The first-order valence-electron chi connectivity index (χ1n) is 10.3. The Morgan fingerprint density at radius 1 is 0.414 bits per heavy atom. The molecule has 0 fully saturated rings. The van der Waals surface area contributed by atoms with Crippen molar-refractivity contribution in [3.63, 3.8) is 0 Å². The minimum Gasteiger partial charge on any atom is -0.394 e. The molecule has 0 aliphatic heterocycles. The fourth-order valence-electron chi connectivity index (χ4n) is 1.88. The van der Waals surface area contributed by atoms with Crippen LogP contribution in [0.15, 0.2) is 0 Å². The van der Waals surface area contributed by atoms with Crippen LogP contribution >= 0.6 is 0 Å². The number of rotatable bonds is 26. The number of aliphatic hydroxyl groups excluding tert-OH is 1. The predicted molar refractivity (Wildman–Crippen MR) is 108 cm³/mol. The van der Waals surface area contributed by atoms with Crippen LogP contribution in [-0.2, 0) is 37.9 Å². The Morgan fingerprint density at radius 3 is 0.897 bits per heavy atom. The van der Waals surface area contributed by atoms with Crippen LogP contribution in [0.5, 0.6) is 0 Å². The van der Waals surface area contributed by atoms with Gasteiger partial charge in [-0.15, -0.1) is 0 Å². The molecule has 0 bridgehead atoms. The molecule has 2 N–H and O–H groups in total. The average Bonchev–Trinajstić information content (AvgIpc) is 2.74. The summed E-state index contributed by atoms with van der Waals surface area (Å²) in [5.41, 5.74) is 0. The molecule has 0 radical (unpaired) electrons. The number of likely N-dealkylation sites (N-methyl/N-ethyl adjacent to an activating group) is 1. The minimum absolute atomic E-state index is 0.0336. The molecule has 29 heavy (non-hydrogen) atoms. The van der Waals surface area contributed by atoms with Crippen LogP contribution in [0.2, 0.25) is 0 Å². The van der Waals surface area contributed by atoms with Crippen molar-refractivity contribution in [1.29, 1.82) is 0 Å². The molecule has 0 saturated carbocycles. The van der Waals surface area contributed by atoms with Crippen LogP contribution in [-0.4, -0.2) is 131 Å². The Hall–Kier alpha value is -0.400. The topological polar surface area (TPSA) is 106 Å². The van der Waals surface area contributed by atoms with E-state index in [9.17, 15) is 0 Å². The highest BCUT2D eigenvalue weighted by atomic mass is 16.6. The number of hydrogen-bond acceptors (Lipinski definition) is 10. The van der Waals surface area contributed by atoms with E-state index in [1.165, 1.54) is 0 Å². The third-order valence-corrected chi connectivity index (χ3v) is 3.34. The highest BCUT2D eigenvalue weighted by molar-refractivity contribution is 4.38. The van der Waals surface area contributed by atoms with Gasteiger partial charge in [-0.25, -0.2) is 0 Å². The van der Waals surface area contributed by atoms with E-state index in [1.54, 1.807) is 0 Å². The second-order valence-electron chi connectivity index (χ2n) is 5.73. The molecule has 0 aromatic heterocycles. The lowest BCUT2D eigenvalue weighted by Gasteiger charge is -2.08. The molecule has 0 aromatic rings.